The van der Waals surface area contributed by atoms with E-state index in [0.717, 1.165) is 11.3 Å². The first-order valence-electron chi connectivity index (χ1n) is 5.53. The molecule has 1 heterocycles. The fraction of sp³-hybridized carbons (Fsp3) is 0.154. The van der Waals surface area contributed by atoms with Crippen molar-refractivity contribution in [3.8, 4) is 10.6 Å². The van der Waals surface area contributed by atoms with Crippen LogP contribution in [0, 0.1) is 0 Å². The number of carboxylic acids is 1. The minimum atomic E-state index is -2.62. The first-order chi connectivity index (χ1) is 9.40. The number of carboxylic acid groups (broad SMARTS) is 1. The van der Waals surface area contributed by atoms with E-state index >= 15 is 0 Å². The number of thiazole rings is 1. The average Bonchev–Trinajstić information content (AvgIpc) is 2.84. The van der Waals surface area contributed by atoms with Gasteiger partial charge in [0.2, 0.25) is 0 Å². The lowest BCUT2D eigenvalue weighted by Crippen LogP contribution is -2.03. The summed E-state index contributed by atoms with van der Waals surface area (Å²) in [5.74, 6) is -1.74. The summed E-state index contributed by atoms with van der Waals surface area (Å²) in [5.41, 5.74) is -0.165. The minimum absolute atomic E-state index is 0.00921. The number of ketones is 1. The van der Waals surface area contributed by atoms with Gasteiger partial charge in [0, 0.05) is 18.1 Å². The molecule has 0 radical (unpaired) electrons. The van der Waals surface area contributed by atoms with Crippen LogP contribution in [0.25, 0.3) is 10.6 Å². The monoisotopic (exact) mass is 297 g/mol. The van der Waals surface area contributed by atoms with Gasteiger partial charge in [-0.1, -0.05) is 18.2 Å². The van der Waals surface area contributed by atoms with E-state index < -0.39 is 18.2 Å². The highest BCUT2D eigenvalue weighted by molar-refractivity contribution is 7.17. The van der Waals surface area contributed by atoms with Crippen molar-refractivity contribution in [2.45, 2.75) is 13.3 Å². The Morgan fingerprint density at radius 1 is 1.35 bits per heavy atom. The Bertz CT molecular complexity index is 651. The van der Waals surface area contributed by atoms with Gasteiger partial charge in [0.1, 0.15) is 9.88 Å². The van der Waals surface area contributed by atoms with Crippen LogP contribution in [-0.2, 0) is 0 Å². The number of alkyl halides is 2. The largest absolute Gasteiger partial charge is 0.476 e. The van der Waals surface area contributed by atoms with Crippen molar-refractivity contribution in [1.29, 1.82) is 0 Å². The number of aromatic nitrogens is 1. The summed E-state index contributed by atoms with van der Waals surface area (Å²) in [4.78, 5) is 26.3. The molecular formula is C13H9F2NO3S. The molecule has 0 saturated carbocycles. The third-order valence-electron chi connectivity index (χ3n) is 2.54. The third kappa shape index (κ3) is 2.72. The molecule has 0 aliphatic rings. The van der Waals surface area contributed by atoms with Crippen molar-refractivity contribution in [2.75, 3.05) is 0 Å². The molecule has 20 heavy (non-hydrogen) atoms. The van der Waals surface area contributed by atoms with Gasteiger partial charge in [-0.05, 0) is 6.07 Å². The van der Waals surface area contributed by atoms with Gasteiger partial charge in [0.05, 0.1) is 0 Å². The summed E-state index contributed by atoms with van der Waals surface area (Å²) in [6.07, 6.45) is -2.62. The van der Waals surface area contributed by atoms with Gasteiger partial charge in [-0.25, -0.2) is 18.6 Å². The number of carbonyl (C=O) groups is 2. The van der Waals surface area contributed by atoms with Crippen LogP contribution in [0.2, 0.25) is 0 Å². The first-order valence-corrected chi connectivity index (χ1v) is 6.35. The Hall–Kier alpha value is -2.15. The van der Waals surface area contributed by atoms with E-state index in [9.17, 15) is 18.4 Å². The van der Waals surface area contributed by atoms with Gasteiger partial charge < -0.3 is 5.11 Å². The van der Waals surface area contributed by atoms with Crippen LogP contribution >= 0.6 is 11.3 Å². The third-order valence-corrected chi connectivity index (χ3v) is 3.74. The van der Waals surface area contributed by atoms with Crippen molar-refractivity contribution < 1.29 is 23.5 Å². The van der Waals surface area contributed by atoms with Crippen LogP contribution in [-0.4, -0.2) is 21.8 Å². The summed E-state index contributed by atoms with van der Waals surface area (Å²) in [5, 5.41) is 9.22. The quantitative estimate of drug-likeness (QED) is 0.875. The molecule has 1 N–H and O–H groups in total. The Labute approximate surface area is 116 Å². The molecular weight excluding hydrogens is 288 g/mol. The van der Waals surface area contributed by atoms with Gasteiger partial charge in [0.25, 0.3) is 6.43 Å². The summed E-state index contributed by atoms with van der Waals surface area (Å²) in [6.45, 7) is 1.24. The topological polar surface area (TPSA) is 67.3 Å². The van der Waals surface area contributed by atoms with E-state index in [-0.39, 0.29) is 21.1 Å². The lowest BCUT2D eigenvalue weighted by molar-refractivity contribution is 0.0687. The molecule has 0 spiro atoms. The zero-order chi connectivity index (χ0) is 14.9. The molecule has 0 unspecified atom stereocenters. The number of hydrogen-bond donors (Lipinski definition) is 1. The Morgan fingerprint density at radius 2 is 2.05 bits per heavy atom. The molecule has 1 aromatic carbocycles. The average molecular weight is 297 g/mol. The molecule has 0 aliphatic carbocycles. The number of nitrogens with zero attached hydrogens (tertiary/aromatic N) is 1. The highest BCUT2D eigenvalue weighted by atomic mass is 32.1. The molecule has 0 atom stereocenters. The summed E-state index contributed by atoms with van der Waals surface area (Å²) < 4.78 is 25.3. The van der Waals surface area contributed by atoms with E-state index in [1.54, 1.807) is 6.07 Å². The fourth-order valence-electron chi connectivity index (χ4n) is 1.63. The number of rotatable bonds is 4. The Balaban J connectivity index is 2.53. The smallest absolute Gasteiger partial charge is 0.356 e. The maximum absolute atomic E-state index is 12.6. The Kier molecular flexibility index (Phi) is 3.89. The fourth-order valence-corrected chi connectivity index (χ4v) is 2.58. The molecule has 0 amide bonds. The van der Waals surface area contributed by atoms with Crippen LogP contribution in [0.1, 0.15) is 39.1 Å². The molecule has 0 fully saturated rings. The zero-order valence-electron chi connectivity index (χ0n) is 10.3. The van der Waals surface area contributed by atoms with Crippen LogP contribution in [0.3, 0.4) is 0 Å². The standard InChI is InChI=1S/C13H9F2NO3S/c1-6(17)10-9(13(18)19)16-12(20-10)8-4-2-3-7(5-8)11(14)15/h2-5,11H,1H3,(H,18,19). The van der Waals surface area contributed by atoms with Gasteiger partial charge >= 0.3 is 5.97 Å². The summed E-state index contributed by atoms with van der Waals surface area (Å²) in [7, 11) is 0. The lowest BCUT2D eigenvalue weighted by atomic mass is 10.1. The number of aromatic carboxylic acids is 1. The second-order valence-electron chi connectivity index (χ2n) is 3.98. The maximum atomic E-state index is 12.6. The van der Waals surface area contributed by atoms with Crippen molar-refractivity contribution in [3.05, 3.63) is 40.4 Å². The van der Waals surface area contributed by atoms with Gasteiger partial charge in [-0.3, -0.25) is 4.79 Å². The summed E-state index contributed by atoms with van der Waals surface area (Å²) in [6, 6.07) is 5.48. The van der Waals surface area contributed by atoms with E-state index in [2.05, 4.69) is 4.98 Å². The minimum Gasteiger partial charge on any atom is -0.476 e. The highest BCUT2D eigenvalue weighted by Gasteiger charge is 2.21. The van der Waals surface area contributed by atoms with Crippen molar-refractivity contribution in [1.82, 2.24) is 4.98 Å². The van der Waals surface area contributed by atoms with E-state index in [1.807, 2.05) is 0 Å². The molecule has 4 nitrogen and oxygen atoms in total. The maximum Gasteiger partial charge on any atom is 0.356 e. The molecule has 2 rings (SSSR count). The van der Waals surface area contributed by atoms with Gasteiger partial charge in [-0.2, -0.15) is 0 Å². The predicted molar refractivity (Wildman–Crippen MR) is 69.5 cm³/mol. The molecule has 2 aromatic rings. The SMILES string of the molecule is CC(=O)c1sc(-c2cccc(C(F)F)c2)nc1C(=O)O. The van der Waals surface area contributed by atoms with E-state index in [0.29, 0.717) is 5.56 Å². The number of Topliss-reactive ketones (excluding diaryl/α,β-unsaturated/α-hetero) is 1. The van der Waals surface area contributed by atoms with Gasteiger partial charge in [-0.15, -0.1) is 11.3 Å². The van der Waals surface area contributed by atoms with Gasteiger partial charge in [0.15, 0.2) is 11.5 Å². The Morgan fingerprint density at radius 3 is 2.55 bits per heavy atom. The van der Waals surface area contributed by atoms with Crippen LogP contribution in [0.4, 0.5) is 8.78 Å². The zero-order valence-corrected chi connectivity index (χ0v) is 11.1. The molecule has 0 saturated heterocycles. The first kappa shape index (κ1) is 14.3. The van der Waals surface area contributed by atoms with Crippen molar-refractivity contribution in [3.63, 3.8) is 0 Å². The molecule has 7 heteroatoms. The second-order valence-corrected chi connectivity index (χ2v) is 4.98. The van der Waals surface area contributed by atoms with E-state index in [1.165, 1.54) is 25.1 Å². The molecule has 1 aromatic heterocycles. The number of hydrogen-bond acceptors (Lipinski definition) is 4. The van der Waals surface area contributed by atoms with Crippen LogP contribution in [0.5, 0.6) is 0 Å². The van der Waals surface area contributed by atoms with Crippen molar-refractivity contribution in [2.24, 2.45) is 0 Å². The predicted octanol–water partition coefficient (Wildman–Crippen LogP) is 3.65. The lowest BCUT2D eigenvalue weighted by Gasteiger charge is -2.01. The van der Waals surface area contributed by atoms with Crippen LogP contribution < -0.4 is 0 Å². The van der Waals surface area contributed by atoms with Crippen molar-refractivity contribution >= 4 is 23.1 Å². The summed E-state index contributed by atoms with van der Waals surface area (Å²) >= 11 is 0.883. The number of halogens is 2. The second kappa shape index (κ2) is 5.46. The van der Waals surface area contributed by atoms with E-state index in [4.69, 9.17) is 5.11 Å². The van der Waals surface area contributed by atoms with Crippen LogP contribution in [0.15, 0.2) is 24.3 Å². The molecule has 0 aliphatic heterocycles. The molecule has 0 bridgehead atoms. The molecule has 104 valence electrons. The number of benzene rings is 1. The normalized spacial score (nSPS) is 10.8. The highest BCUT2D eigenvalue weighted by Crippen LogP contribution is 2.31. The number of carbonyl (C=O) groups excluding carboxylic acids is 1.